The first-order valence-corrected chi connectivity index (χ1v) is 7.44. The number of hydrogen-bond donors (Lipinski definition) is 2. The van der Waals surface area contributed by atoms with Crippen molar-refractivity contribution in [3.8, 4) is 0 Å². The maximum Gasteiger partial charge on any atom is 0.0610 e. The van der Waals surface area contributed by atoms with Crippen LogP contribution in [0.25, 0.3) is 0 Å². The quantitative estimate of drug-likeness (QED) is 0.698. The Bertz CT molecular complexity index is 197. The summed E-state index contributed by atoms with van der Waals surface area (Å²) in [7, 11) is 0. The van der Waals surface area contributed by atoms with Gasteiger partial charge in [0, 0.05) is 11.6 Å². The van der Waals surface area contributed by atoms with Gasteiger partial charge in [-0.2, -0.15) is 0 Å². The summed E-state index contributed by atoms with van der Waals surface area (Å²) < 4.78 is 0. The Morgan fingerprint density at radius 1 is 1.18 bits per heavy atom. The van der Waals surface area contributed by atoms with Gasteiger partial charge < -0.3 is 10.4 Å². The highest BCUT2D eigenvalue weighted by molar-refractivity contribution is 4.87. The Hall–Kier alpha value is -0.0800. The lowest BCUT2D eigenvalue weighted by atomic mass is 9.91. The van der Waals surface area contributed by atoms with Crippen molar-refractivity contribution >= 4 is 0 Å². The van der Waals surface area contributed by atoms with Gasteiger partial charge in [-0.05, 0) is 38.5 Å². The molecule has 0 heterocycles. The Kier molecular flexibility index (Phi) is 6.50. The van der Waals surface area contributed by atoms with Crippen LogP contribution in [0.15, 0.2) is 0 Å². The molecule has 0 radical (unpaired) electrons. The maximum absolute atomic E-state index is 9.64. The largest absolute Gasteiger partial charge is 0.394 e. The Morgan fingerprint density at radius 3 is 2.24 bits per heavy atom. The SMILES string of the molecule is CC(C)CCC(C)(CO)NC1CCCCCC1. The fourth-order valence-corrected chi connectivity index (χ4v) is 2.72. The van der Waals surface area contributed by atoms with E-state index in [1.165, 1.54) is 44.9 Å². The highest BCUT2D eigenvalue weighted by atomic mass is 16.3. The van der Waals surface area contributed by atoms with Crippen LogP contribution < -0.4 is 5.32 Å². The van der Waals surface area contributed by atoms with Gasteiger partial charge in [-0.25, -0.2) is 0 Å². The van der Waals surface area contributed by atoms with E-state index >= 15 is 0 Å². The second-order valence-corrected chi connectivity index (χ2v) is 6.48. The molecule has 0 amide bonds. The van der Waals surface area contributed by atoms with Gasteiger partial charge in [-0.15, -0.1) is 0 Å². The molecule has 0 aromatic rings. The minimum absolute atomic E-state index is 0.0702. The van der Waals surface area contributed by atoms with Crippen molar-refractivity contribution in [2.75, 3.05) is 6.61 Å². The van der Waals surface area contributed by atoms with Gasteiger partial charge in [-0.1, -0.05) is 39.5 Å². The second-order valence-electron chi connectivity index (χ2n) is 6.48. The molecule has 2 heteroatoms. The smallest absolute Gasteiger partial charge is 0.0610 e. The van der Waals surface area contributed by atoms with E-state index in [0.29, 0.717) is 6.04 Å². The van der Waals surface area contributed by atoms with Gasteiger partial charge in [-0.3, -0.25) is 0 Å². The third-order valence-electron chi connectivity index (χ3n) is 4.03. The maximum atomic E-state index is 9.64. The summed E-state index contributed by atoms with van der Waals surface area (Å²) in [6.07, 6.45) is 10.3. The average molecular weight is 241 g/mol. The summed E-state index contributed by atoms with van der Waals surface area (Å²) in [6, 6.07) is 0.627. The average Bonchev–Trinajstić information content (AvgIpc) is 2.55. The first-order valence-electron chi connectivity index (χ1n) is 7.44. The van der Waals surface area contributed by atoms with Gasteiger partial charge in [0.25, 0.3) is 0 Å². The molecular weight excluding hydrogens is 210 g/mol. The molecule has 2 nitrogen and oxygen atoms in total. The van der Waals surface area contributed by atoms with Crippen molar-refractivity contribution < 1.29 is 5.11 Å². The monoisotopic (exact) mass is 241 g/mol. The van der Waals surface area contributed by atoms with Gasteiger partial charge in [0.2, 0.25) is 0 Å². The number of aliphatic hydroxyl groups is 1. The van der Waals surface area contributed by atoms with Crippen molar-refractivity contribution in [2.24, 2.45) is 5.92 Å². The van der Waals surface area contributed by atoms with E-state index < -0.39 is 0 Å². The van der Waals surface area contributed by atoms with Crippen LogP contribution in [0.1, 0.15) is 72.1 Å². The molecule has 0 aromatic carbocycles. The summed E-state index contributed by atoms with van der Waals surface area (Å²) in [6.45, 7) is 6.95. The second kappa shape index (κ2) is 7.38. The molecule has 1 aliphatic rings. The predicted octanol–water partition coefficient (Wildman–Crippen LogP) is 3.49. The number of rotatable bonds is 6. The van der Waals surface area contributed by atoms with Crippen molar-refractivity contribution in [3.63, 3.8) is 0 Å². The summed E-state index contributed by atoms with van der Waals surface area (Å²) in [4.78, 5) is 0. The molecule has 102 valence electrons. The highest BCUT2D eigenvalue weighted by Crippen LogP contribution is 2.22. The molecule has 0 spiro atoms. The molecule has 17 heavy (non-hydrogen) atoms. The zero-order valence-corrected chi connectivity index (χ0v) is 12.0. The minimum atomic E-state index is -0.0702. The van der Waals surface area contributed by atoms with Gasteiger partial charge in [0.1, 0.15) is 0 Å². The number of hydrogen-bond acceptors (Lipinski definition) is 2. The first-order chi connectivity index (χ1) is 8.06. The van der Waals surface area contributed by atoms with E-state index in [9.17, 15) is 5.11 Å². The molecule has 1 unspecified atom stereocenters. The van der Waals surface area contributed by atoms with Crippen LogP contribution in [-0.4, -0.2) is 23.3 Å². The van der Waals surface area contributed by atoms with Gasteiger partial charge in [0.05, 0.1) is 6.61 Å². The topological polar surface area (TPSA) is 32.3 Å². The van der Waals surface area contributed by atoms with Crippen LogP contribution in [-0.2, 0) is 0 Å². The normalized spacial score (nSPS) is 22.4. The van der Waals surface area contributed by atoms with Crippen LogP contribution in [0.3, 0.4) is 0 Å². The lowest BCUT2D eigenvalue weighted by molar-refractivity contribution is 0.142. The highest BCUT2D eigenvalue weighted by Gasteiger charge is 2.26. The summed E-state index contributed by atoms with van der Waals surface area (Å²) in [5.74, 6) is 0.719. The Balaban J connectivity index is 2.42. The molecule has 1 fully saturated rings. The van der Waals surface area contributed by atoms with Gasteiger partial charge in [0.15, 0.2) is 0 Å². The number of aliphatic hydroxyl groups excluding tert-OH is 1. The lowest BCUT2D eigenvalue weighted by Gasteiger charge is -2.34. The molecular formula is C15H31NO. The van der Waals surface area contributed by atoms with Crippen molar-refractivity contribution in [1.29, 1.82) is 0 Å². The summed E-state index contributed by atoms with van der Waals surface area (Å²) >= 11 is 0. The molecule has 1 rings (SSSR count). The van der Waals surface area contributed by atoms with E-state index in [1.807, 2.05) is 0 Å². The third-order valence-corrected chi connectivity index (χ3v) is 4.03. The fraction of sp³-hybridized carbons (Fsp3) is 1.00. The van der Waals surface area contributed by atoms with Crippen LogP contribution in [0.5, 0.6) is 0 Å². The van der Waals surface area contributed by atoms with Crippen molar-refractivity contribution in [1.82, 2.24) is 5.32 Å². The summed E-state index contributed by atoms with van der Waals surface area (Å²) in [5.41, 5.74) is -0.0702. The zero-order valence-electron chi connectivity index (χ0n) is 12.0. The van der Waals surface area contributed by atoms with Crippen LogP contribution >= 0.6 is 0 Å². The van der Waals surface area contributed by atoms with Crippen molar-refractivity contribution in [2.45, 2.75) is 83.7 Å². The van der Waals surface area contributed by atoms with Crippen LogP contribution in [0.4, 0.5) is 0 Å². The Labute approximate surface area is 107 Å². The lowest BCUT2D eigenvalue weighted by Crippen LogP contribution is -2.50. The van der Waals surface area contributed by atoms with E-state index in [0.717, 1.165) is 12.3 Å². The predicted molar refractivity (Wildman–Crippen MR) is 74.2 cm³/mol. The molecule has 1 saturated carbocycles. The van der Waals surface area contributed by atoms with E-state index in [2.05, 4.69) is 26.1 Å². The minimum Gasteiger partial charge on any atom is -0.394 e. The Morgan fingerprint density at radius 2 is 1.76 bits per heavy atom. The van der Waals surface area contributed by atoms with Gasteiger partial charge >= 0.3 is 0 Å². The molecule has 0 saturated heterocycles. The molecule has 1 aliphatic carbocycles. The molecule has 1 atom stereocenters. The van der Waals surface area contributed by atoms with Crippen LogP contribution in [0, 0.1) is 5.92 Å². The molecule has 0 bridgehead atoms. The summed E-state index contributed by atoms with van der Waals surface area (Å²) in [5, 5.41) is 13.4. The first kappa shape index (κ1) is 15.0. The van der Waals surface area contributed by atoms with E-state index in [4.69, 9.17) is 0 Å². The van der Waals surface area contributed by atoms with Crippen molar-refractivity contribution in [3.05, 3.63) is 0 Å². The zero-order chi connectivity index (χ0) is 12.7. The third kappa shape index (κ3) is 5.87. The molecule has 0 aromatic heterocycles. The van der Waals surface area contributed by atoms with Crippen LogP contribution in [0.2, 0.25) is 0 Å². The number of nitrogens with one attached hydrogen (secondary N) is 1. The molecule has 2 N–H and O–H groups in total. The van der Waals surface area contributed by atoms with E-state index in [-0.39, 0.29) is 12.1 Å². The van der Waals surface area contributed by atoms with E-state index in [1.54, 1.807) is 0 Å². The fourth-order valence-electron chi connectivity index (χ4n) is 2.72. The standard InChI is InChI=1S/C15H31NO/c1-13(2)10-11-15(3,12-17)16-14-8-6-4-5-7-9-14/h13-14,16-17H,4-12H2,1-3H3. The molecule has 0 aliphatic heterocycles.